The average Bonchev–Trinajstić information content (AvgIpc) is 3.21. The number of carbonyl (C=O) groups is 2. The summed E-state index contributed by atoms with van der Waals surface area (Å²) in [7, 11) is 2.89. The highest BCUT2D eigenvalue weighted by Gasteiger charge is 2.12. The molecule has 28 heavy (non-hydrogen) atoms. The fourth-order valence-corrected chi connectivity index (χ4v) is 2.85. The molecule has 8 nitrogen and oxygen atoms in total. The zero-order chi connectivity index (χ0) is 19.9. The average molecular weight is 399 g/mol. The Hall–Kier alpha value is -3.33. The lowest BCUT2D eigenvalue weighted by Gasteiger charge is -2.05. The van der Waals surface area contributed by atoms with Crippen molar-refractivity contribution in [3.63, 3.8) is 0 Å². The van der Waals surface area contributed by atoms with E-state index in [2.05, 4.69) is 20.3 Å². The Labute approximate surface area is 165 Å². The van der Waals surface area contributed by atoms with Crippen molar-refractivity contribution in [2.45, 2.75) is 5.22 Å². The van der Waals surface area contributed by atoms with Crippen LogP contribution in [0.1, 0.15) is 10.4 Å². The molecule has 0 radical (unpaired) electrons. The molecule has 0 spiro atoms. The molecule has 144 valence electrons. The van der Waals surface area contributed by atoms with Gasteiger partial charge in [0.2, 0.25) is 11.8 Å². The van der Waals surface area contributed by atoms with E-state index in [9.17, 15) is 9.59 Å². The van der Waals surface area contributed by atoms with Crippen molar-refractivity contribution in [1.29, 1.82) is 0 Å². The van der Waals surface area contributed by atoms with Crippen LogP contribution >= 0.6 is 11.8 Å². The van der Waals surface area contributed by atoms with Crippen LogP contribution in [0.3, 0.4) is 0 Å². The number of ether oxygens (including phenoxy) is 2. The van der Waals surface area contributed by atoms with Gasteiger partial charge in [0.1, 0.15) is 5.75 Å². The van der Waals surface area contributed by atoms with E-state index in [0.717, 1.165) is 23.1 Å². The van der Waals surface area contributed by atoms with Gasteiger partial charge in [-0.2, -0.15) is 0 Å². The molecule has 1 N–H and O–H groups in total. The van der Waals surface area contributed by atoms with E-state index in [1.807, 2.05) is 12.1 Å². The number of thioether (sulfide) groups is 1. The van der Waals surface area contributed by atoms with Crippen LogP contribution in [0.25, 0.3) is 11.5 Å². The number of esters is 1. The lowest BCUT2D eigenvalue weighted by Crippen LogP contribution is -2.14. The van der Waals surface area contributed by atoms with Crippen molar-refractivity contribution >= 4 is 29.3 Å². The largest absolute Gasteiger partial charge is 0.497 e. The maximum Gasteiger partial charge on any atom is 0.337 e. The van der Waals surface area contributed by atoms with Gasteiger partial charge in [0.15, 0.2) is 0 Å². The van der Waals surface area contributed by atoms with Crippen molar-refractivity contribution in [2.24, 2.45) is 0 Å². The fraction of sp³-hybridized carbons (Fsp3) is 0.158. The molecule has 0 fully saturated rings. The number of methoxy groups -OCH3 is 2. The van der Waals surface area contributed by atoms with Gasteiger partial charge in [0.05, 0.1) is 25.5 Å². The molecule has 3 rings (SSSR count). The standard InChI is InChI=1S/C19H17N3O5S/c1-25-15-8-6-12(7-9-15)17-21-22-19(27-17)28-11-16(23)20-14-5-3-4-13(10-14)18(24)26-2/h3-10H,11H2,1-2H3,(H,20,23). The molecule has 1 amide bonds. The van der Waals surface area contributed by atoms with Crippen LogP contribution in [0.2, 0.25) is 0 Å². The van der Waals surface area contributed by atoms with Crippen LogP contribution in [0.5, 0.6) is 5.75 Å². The van der Waals surface area contributed by atoms with Crippen molar-refractivity contribution in [3.8, 4) is 17.2 Å². The van der Waals surface area contributed by atoms with Gasteiger partial charge >= 0.3 is 5.97 Å². The Bertz CT molecular complexity index is 972. The van der Waals surface area contributed by atoms with Gasteiger partial charge in [-0.1, -0.05) is 17.8 Å². The molecule has 0 saturated heterocycles. The molecule has 0 bridgehead atoms. The lowest BCUT2D eigenvalue weighted by atomic mass is 10.2. The smallest absolute Gasteiger partial charge is 0.337 e. The Morgan fingerprint density at radius 3 is 2.61 bits per heavy atom. The van der Waals surface area contributed by atoms with Crippen LogP contribution in [0, 0.1) is 0 Å². The van der Waals surface area contributed by atoms with Crippen LogP contribution in [-0.4, -0.2) is 42.0 Å². The van der Waals surface area contributed by atoms with E-state index >= 15 is 0 Å². The number of benzene rings is 2. The van der Waals surface area contributed by atoms with Gasteiger partial charge in [0, 0.05) is 11.3 Å². The van der Waals surface area contributed by atoms with Gasteiger partial charge < -0.3 is 19.2 Å². The monoisotopic (exact) mass is 399 g/mol. The molecule has 3 aromatic rings. The van der Waals surface area contributed by atoms with Crippen molar-refractivity contribution in [2.75, 3.05) is 25.3 Å². The summed E-state index contributed by atoms with van der Waals surface area (Å²) in [5, 5.41) is 10.9. The number of nitrogens with zero attached hydrogens (tertiary/aromatic N) is 2. The predicted molar refractivity (Wildman–Crippen MR) is 103 cm³/mol. The van der Waals surface area contributed by atoms with Crippen molar-refractivity contribution in [3.05, 3.63) is 54.1 Å². The van der Waals surface area contributed by atoms with E-state index in [0.29, 0.717) is 17.1 Å². The van der Waals surface area contributed by atoms with E-state index in [1.165, 1.54) is 7.11 Å². The Balaban J connectivity index is 1.56. The van der Waals surface area contributed by atoms with E-state index < -0.39 is 5.97 Å². The molecule has 0 saturated carbocycles. The summed E-state index contributed by atoms with van der Waals surface area (Å²) in [4.78, 5) is 23.7. The third kappa shape index (κ3) is 4.89. The maximum absolute atomic E-state index is 12.1. The van der Waals surface area contributed by atoms with Crippen LogP contribution in [0.15, 0.2) is 58.2 Å². The molecule has 0 atom stereocenters. The summed E-state index contributed by atoms with van der Waals surface area (Å²) in [6.07, 6.45) is 0. The van der Waals surface area contributed by atoms with Gasteiger partial charge in [-0.15, -0.1) is 10.2 Å². The van der Waals surface area contributed by atoms with Crippen LogP contribution in [0.4, 0.5) is 5.69 Å². The normalized spacial score (nSPS) is 10.4. The molecule has 0 aliphatic rings. The summed E-state index contributed by atoms with van der Waals surface area (Å²) >= 11 is 1.12. The topological polar surface area (TPSA) is 104 Å². The summed E-state index contributed by atoms with van der Waals surface area (Å²) in [5.74, 6) is 0.424. The Kier molecular flexibility index (Phi) is 6.28. The number of hydrogen-bond acceptors (Lipinski definition) is 8. The second kappa shape index (κ2) is 9.05. The zero-order valence-corrected chi connectivity index (χ0v) is 16.0. The molecule has 0 aliphatic heterocycles. The summed E-state index contributed by atoms with van der Waals surface area (Å²) in [5.41, 5.74) is 1.61. The number of rotatable bonds is 7. The molecule has 0 unspecified atom stereocenters. The summed E-state index contributed by atoms with van der Waals surface area (Å²) < 4.78 is 15.3. The second-order valence-corrected chi connectivity index (χ2v) is 6.44. The minimum Gasteiger partial charge on any atom is -0.497 e. The zero-order valence-electron chi connectivity index (χ0n) is 15.2. The number of amides is 1. The minimum absolute atomic E-state index is 0.0761. The lowest BCUT2D eigenvalue weighted by molar-refractivity contribution is -0.113. The predicted octanol–water partition coefficient (Wildman–Crippen LogP) is 3.26. The van der Waals surface area contributed by atoms with E-state index in [4.69, 9.17) is 9.15 Å². The maximum atomic E-state index is 12.1. The third-order valence-electron chi connectivity index (χ3n) is 3.64. The Morgan fingerprint density at radius 1 is 1.11 bits per heavy atom. The van der Waals surface area contributed by atoms with Crippen molar-refractivity contribution < 1.29 is 23.5 Å². The second-order valence-electron chi connectivity index (χ2n) is 5.51. The molecule has 1 heterocycles. The first kappa shape index (κ1) is 19.4. The summed E-state index contributed by atoms with van der Waals surface area (Å²) in [6.45, 7) is 0. The fourth-order valence-electron chi connectivity index (χ4n) is 2.28. The van der Waals surface area contributed by atoms with E-state index in [-0.39, 0.29) is 16.9 Å². The number of carbonyl (C=O) groups excluding carboxylic acids is 2. The highest BCUT2D eigenvalue weighted by atomic mass is 32.2. The first-order valence-electron chi connectivity index (χ1n) is 8.18. The van der Waals surface area contributed by atoms with Crippen molar-refractivity contribution in [1.82, 2.24) is 10.2 Å². The SMILES string of the molecule is COC(=O)c1cccc(NC(=O)CSc2nnc(-c3ccc(OC)cc3)o2)c1. The number of nitrogens with one attached hydrogen (secondary N) is 1. The summed E-state index contributed by atoms with van der Waals surface area (Å²) in [6, 6.07) is 13.7. The molecule has 2 aromatic carbocycles. The van der Waals surface area contributed by atoms with Gasteiger partial charge in [0.25, 0.3) is 5.22 Å². The van der Waals surface area contributed by atoms with Gasteiger partial charge in [-0.3, -0.25) is 4.79 Å². The van der Waals surface area contributed by atoms with Gasteiger partial charge in [-0.25, -0.2) is 4.79 Å². The molecule has 9 heteroatoms. The quantitative estimate of drug-likeness (QED) is 0.477. The number of aromatic nitrogens is 2. The molecular formula is C19H17N3O5S. The first-order chi connectivity index (χ1) is 13.6. The highest BCUT2D eigenvalue weighted by Crippen LogP contribution is 2.25. The minimum atomic E-state index is -0.470. The molecule has 0 aliphatic carbocycles. The van der Waals surface area contributed by atoms with E-state index in [1.54, 1.807) is 43.5 Å². The van der Waals surface area contributed by atoms with Crippen LogP contribution in [-0.2, 0) is 9.53 Å². The first-order valence-corrected chi connectivity index (χ1v) is 9.16. The Morgan fingerprint density at radius 2 is 1.89 bits per heavy atom. The van der Waals surface area contributed by atoms with Gasteiger partial charge in [-0.05, 0) is 42.5 Å². The van der Waals surface area contributed by atoms with Crippen LogP contribution < -0.4 is 10.1 Å². The number of anilines is 1. The molecule has 1 aromatic heterocycles. The third-order valence-corrected chi connectivity index (χ3v) is 4.46. The number of hydrogen-bond donors (Lipinski definition) is 1. The highest BCUT2D eigenvalue weighted by molar-refractivity contribution is 7.99. The molecular weight excluding hydrogens is 382 g/mol.